The lowest BCUT2D eigenvalue weighted by Crippen LogP contribution is -2.06. The minimum Gasteiger partial charge on any atom is -0.397 e. The van der Waals surface area contributed by atoms with Gasteiger partial charge < -0.3 is 11.1 Å². The molecule has 0 spiro atoms. The fourth-order valence-electron chi connectivity index (χ4n) is 2.20. The van der Waals surface area contributed by atoms with E-state index in [4.69, 9.17) is 5.73 Å². The Hall–Kier alpha value is -1.03. The molecule has 3 N–H and O–H groups in total. The SMILES string of the molecule is Nc1cc(F)c(Br)cc1NCCC1=CCCCC1. The first-order valence-electron chi connectivity index (χ1n) is 6.33. The number of rotatable bonds is 4. The molecule has 0 radical (unpaired) electrons. The highest BCUT2D eigenvalue weighted by Crippen LogP contribution is 2.27. The van der Waals surface area contributed by atoms with Crippen LogP contribution in [0, 0.1) is 5.82 Å². The third kappa shape index (κ3) is 3.48. The summed E-state index contributed by atoms with van der Waals surface area (Å²) in [6.07, 6.45) is 8.41. The van der Waals surface area contributed by atoms with Crippen molar-refractivity contribution in [3.63, 3.8) is 0 Å². The van der Waals surface area contributed by atoms with Crippen molar-refractivity contribution < 1.29 is 4.39 Å². The maximum Gasteiger partial charge on any atom is 0.139 e. The molecule has 1 aromatic carbocycles. The summed E-state index contributed by atoms with van der Waals surface area (Å²) in [5.41, 5.74) is 8.54. The zero-order chi connectivity index (χ0) is 13.0. The average molecular weight is 313 g/mol. The van der Waals surface area contributed by atoms with Gasteiger partial charge in [-0.1, -0.05) is 11.6 Å². The number of hydrogen-bond acceptors (Lipinski definition) is 2. The smallest absolute Gasteiger partial charge is 0.139 e. The number of nitrogens with two attached hydrogens (primary N) is 1. The van der Waals surface area contributed by atoms with Gasteiger partial charge in [0.1, 0.15) is 5.82 Å². The lowest BCUT2D eigenvalue weighted by atomic mass is 9.97. The Morgan fingerprint density at radius 1 is 1.33 bits per heavy atom. The van der Waals surface area contributed by atoms with Crippen molar-refractivity contribution in [1.29, 1.82) is 0 Å². The van der Waals surface area contributed by atoms with E-state index < -0.39 is 0 Å². The maximum atomic E-state index is 13.2. The molecular formula is C14H18BrFN2. The molecule has 0 heterocycles. The standard InChI is InChI=1S/C14H18BrFN2/c15-11-8-14(13(17)9-12(11)16)18-7-6-10-4-2-1-3-5-10/h4,8-9,18H,1-3,5-7,17H2. The van der Waals surface area contributed by atoms with Gasteiger partial charge in [-0.25, -0.2) is 4.39 Å². The van der Waals surface area contributed by atoms with Crippen molar-refractivity contribution in [2.75, 3.05) is 17.6 Å². The third-order valence-corrected chi connectivity index (χ3v) is 3.85. The Morgan fingerprint density at radius 3 is 2.89 bits per heavy atom. The van der Waals surface area contributed by atoms with Gasteiger partial charge in [-0.3, -0.25) is 0 Å². The Morgan fingerprint density at radius 2 is 2.17 bits per heavy atom. The number of hydrogen-bond donors (Lipinski definition) is 2. The summed E-state index contributed by atoms with van der Waals surface area (Å²) in [6, 6.07) is 3.03. The first-order valence-corrected chi connectivity index (χ1v) is 7.12. The van der Waals surface area contributed by atoms with E-state index in [2.05, 4.69) is 27.3 Å². The summed E-state index contributed by atoms with van der Waals surface area (Å²) in [5, 5.41) is 3.27. The van der Waals surface area contributed by atoms with Crippen LogP contribution in [0.5, 0.6) is 0 Å². The molecule has 0 saturated carbocycles. The van der Waals surface area contributed by atoms with Gasteiger partial charge in [-0.15, -0.1) is 0 Å². The van der Waals surface area contributed by atoms with Crippen LogP contribution in [0.3, 0.4) is 0 Å². The molecule has 4 heteroatoms. The van der Waals surface area contributed by atoms with Gasteiger partial charge in [0.15, 0.2) is 0 Å². The predicted octanol–water partition coefficient (Wildman–Crippen LogP) is 4.47. The zero-order valence-corrected chi connectivity index (χ0v) is 11.9. The molecule has 0 amide bonds. The van der Waals surface area contributed by atoms with Crippen molar-refractivity contribution >= 4 is 27.3 Å². The van der Waals surface area contributed by atoms with E-state index in [9.17, 15) is 4.39 Å². The highest BCUT2D eigenvalue weighted by molar-refractivity contribution is 9.10. The lowest BCUT2D eigenvalue weighted by Gasteiger charge is -2.14. The molecule has 0 bridgehead atoms. The van der Waals surface area contributed by atoms with Crippen LogP contribution >= 0.6 is 15.9 Å². The molecule has 1 aliphatic carbocycles. The summed E-state index contributed by atoms with van der Waals surface area (Å²) in [6.45, 7) is 0.841. The fourth-order valence-corrected chi connectivity index (χ4v) is 2.55. The Bertz CT molecular complexity index is 457. The third-order valence-electron chi connectivity index (χ3n) is 3.24. The molecule has 0 fully saturated rings. The van der Waals surface area contributed by atoms with E-state index in [0.717, 1.165) is 18.7 Å². The van der Waals surface area contributed by atoms with Gasteiger partial charge in [-0.05, 0) is 54.1 Å². The van der Waals surface area contributed by atoms with Gasteiger partial charge in [0.2, 0.25) is 0 Å². The van der Waals surface area contributed by atoms with E-state index in [0.29, 0.717) is 10.2 Å². The Kier molecular flexibility index (Phi) is 4.64. The van der Waals surface area contributed by atoms with Gasteiger partial charge >= 0.3 is 0 Å². The molecular weight excluding hydrogens is 295 g/mol. The van der Waals surface area contributed by atoms with Gasteiger partial charge in [0, 0.05) is 12.6 Å². The first kappa shape index (κ1) is 13.4. The molecule has 98 valence electrons. The van der Waals surface area contributed by atoms with Crippen molar-refractivity contribution in [3.8, 4) is 0 Å². The molecule has 0 unspecified atom stereocenters. The minimum atomic E-state index is -0.326. The molecule has 0 saturated heterocycles. The van der Waals surface area contributed by atoms with Crippen LogP contribution in [0.15, 0.2) is 28.3 Å². The molecule has 1 aromatic rings. The average Bonchev–Trinajstić information content (AvgIpc) is 2.37. The van der Waals surface area contributed by atoms with Crippen molar-refractivity contribution in [1.82, 2.24) is 0 Å². The van der Waals surface area contributed by atoms with E-state index >= 15 is 0 Å². The quantitative estimate of drug-likeness (QED) is 0.635. The van der Waals surface area contributed by atoms with Crippen molar-refractivity contribution in [2.24, 2.45) is 0 Å². The summed E-state index contributed by atoms with van der Waals surface area (Å²) < 4.78 is 13.6. The molecule has 2 nitrogen and oxygen atoms in total. The second-order valence-electron chi connectivity index (χ2n) is 4.64. The Balaban J connectivity index is 1.90. The number of anilines is 2. The second kappa shape index (κ2) is 6.23. The summed E-state index contributed by atoms with van der Waals surface area (Å²) in [5.74, 6) is -0.326. The summed E-state index contributed by atoms with van der Waals surface area (Å²) >= 11 is 3.17. The van der Waals surface area contributed by atoms with E-state index in [1.807, 2.05) is 0 Å². The second-order valence-corrected chi connectivity index (χ2v) is 5.49. The van der Waals surface area contributed by atoms with Gasteiger partial charge in [0.25, 0.3) is 0 Å². The molecule has 0 aromatic heterocycles. The first-order chi connectivity index (χ1) is 8.66. The number of allylic oxidation sites excluding steroid dienone is 1. The Labute approximate surface area is 116 Å². The van der Waals surface area contributed by atoms with Crippen LogP contribution in [0.25, 0.3) is 0 Å². The van der Waals surface area contributed by atoms with E-state index in [-0.39, 0.29) is 5.82 Å². The van der Waals surface area contributed by atoms with Crippen LogP contribution in [0.4, 0.5) is 15.8 Å². The minimum absolute atomic E-state index is 0.326. The number of halogens is 2. The number of nitrogens with one attached hydrogen (secondary N) is 1. The summed E-state index contributed by atoms with van der Waals surface area (Å²) in [4.78, 5) is 0. The molecule has 0 aliphatic heterocycles. The van der Waals surface area contributed by atoms with Crippen molar-refractivity contribution in [2.45, 2.75) is 32.1 Å². The summed E-state index contributed by atoms with van der Waals surface area (Å²) in [7, 11) is 0. The molecule has 2 rings (SSSR count). The molecule has 0 atom stereocenters. The van der Waals surface area contributed by atoms with Gasteiger partial charge in [-0.2, -0.15) is 0 Å². The van der Waals surface area contributed by atoms with Crippen LogP contribution in [0.1, 0.15) is 32.1 Å². The highest BCUT2D eigenvalue weighted by Gasteiger charge is 2.07. The fraction of sp³-hybridized carbons (Fsp3) is 0.429. The maximum absolute atomic E-state index is 13.2. The highest BCUT2D eigenvalue weighted by atomic mass is 79.9. The number of benzene rings is 1. The zero-order valence-electron chi connectivity index (χ0n) is 10.3. The van der Waals surface area contributed by atoms with Crippen molar-refractivity contribution in [3.05, 3.63) is 34.1 Å². The van der Waals surface area contributed by atoms with Crippen LogP contribution < -0.4 is 11.1 Å². The van der Waals surface area contributed by atoms with Crippen LogP contribution in [0.2, 0.25) is 0 Å². The van der Waals surface area contributed by atoms with E-state index in [1.165, 1.54) is 37.3 Å². The van der Waals surface area contributed by atoms with Crippen LogP contribution in [-0.4, -0.2) is 6.54 Å². The van der Waals surface area contributed by atoms with E-state index in [1.54, 1.807) is 6.07 Å². The molecule has 18 heavy (non-hydrogen) atoms. The topological polar surface area (TPSA) is 38.0 Å². The largest absolute Gasteiger partial charge is 0.397 e. The predicted molar refractivity (Wildman–Crippen MR) is 78.2 cm³/mol. The number of nitrogen functional groups attached to an aromatic ring is 1. The van der Waals surface area contributed by atoms with Crippen LogP contribution in [-0.2, 0) is 0 Å². The molecule has 1 aliphatic rings. The van der Waals surface area contributed by atoms with Gasteiger partial charge in [0.05, 0.1) is 15.8 Å². The monoisotopic (exact) mass is 312 g/mol. The lowest BCUT2D eigenvalue weighted by molar-refractivity contribution is 0.622. The normalized spacial score (nSPS) is 15.3.